The summed E-state index contributed by atoms with van der Waals surface area (Å²) in [6, 6.07) is 19.8. The molecule has 0 aliphatic carbocycles. The average molecular weight is 349 g/mol. The van der Waals surface area contributed by atoms with Gasteiger partial charge in [0, 0.05) is 31.6 Å². The number of piperazine rings is 1. The molecule has 1 aromatic heterocycles. The zero-order valence-electron chi connectivity index (χ0n) is 15.0. The van der Waals surface area contributed by atoms with Crippen molar-refractivity contribution < 1.29 is 9.53 Å². The minimum absolute atomic E-state index is 0.282. The van der Waals surface area contributed by atoms with Gasteiger partial charge in [-0.1, -0.05) is 48.5 Å². The van der Waals surface area contributed by atoms with Crippen LogP contribution in [0.2, 0.25) is 0 Å². The van der Waals surface area contributed by atoms with Gasteiger partial charge in [0.25, 0.3) is 0 Å². The molecule has 0 bridgehead atoms. The van der Waals surface area contributed by atoms with Crippen LogP contribution in [0.4, 0.5) is 0 Å². The molecule has 0 radical (unpaired) electrons. The Balaban J connectivity index is 1.63. The van der Waals surface area contributed by atoms with Crippen LogP contribution < -0.4 is 5.01 Å². The Morgan fingerprint density at radius 3 is 2.42 bits per heavy atom. The summed E-state index contributed by atoms with van der Waals surface area (Å²) in [6.07, 6.45) is 0. The van der Waals surface area contributed by atoms with Crippen molar-refractivity contribution in [3.05, 3.63) is 71.9 Å². The molecule has 5 nitrogen and oxygen atoms in total. The molecule has 26 heavy (non-hydrogen) atoms. The normalized spacial score (nSPS) is 15.3. The Labute approximate surface area is 153 Å². The Morgan fingerprint density at radius 2 is 1.65 bits per heavy atom. The number of likely N-dealkylation sites (N-methyl/N-ethyl adjacent to an activating group) is 1. The SMILES string of the molecule is CN1CCN(n2c(C(=O)OCc3ccccc3)cc3ccccc32)CC1. The summed E-state index contributed by atoms with van der Waals surface area (Å²) >= 11 is 0. The number of carbonyl (C=O) groups excluding carboxylic acids is 1. The summed E-state index contributed by atoms with van der Waals surface area (Å²) in [5.41, 5.74) is 2.62. The average Bonchev–Trinajstić information content (AvgIpc) is 3.07. The van der Waals surface area contributed by atoms with Crippen molar-refractivity contribution >= 4 is 16.9 Å². The molecule has 5 heteroatoms. The highest BCUT2D eigenvalue weighted by atomic mass is 16.5. The van der Waals surface area contributed by atoms with Gasteiger partial charge in [0.05, 0.1) is 5.52 Å². The molecule has 0 unspecified atom stereocenters. The quantitative estimate of drug-likeness (QED) is 0.679. The van der Waals surface area contributed by atoms with Gasteiger partial charge in [0.1, 0.15) is 12.3 Å². The molecule has 1 fully saturated rings. The Hall–Kier alpha value is -2.79. The predicted octanol–water partition coefficient (Wildman–Crippen LogP) is 2.88. The maximum absolute atomic E-state index is 12.8. The van der Waals surface area contributed by atoms with E-state index in [9.17, 15) is 4.79 Å². The lowest BCUT2D eigenvalue weighted by Gasteiger charge is -2.35. The fraction of sp³-hybridized carbons (Fsp3) is 0.286. The number of aromatic nitrogens is 1. The van der Waals surface area contributed by atoms with Crippen molar-refractivity contribution in [1.82, 2.24) is 9.58 Å². The molecule has 0 saturated carbocycles. The molecule has 1 aliphatic rings. The number of benzene rings is 2. The molecule has 4 rings (SSSR count). The topological polar surface area (TPSA) is 37.7 Å². The maximum Gasteiger partial charge on any atom is 0.357 e. The van der Waals surface area contributed by atoms with Crippen molar-refractivity contribution in [2.75, 3.05) is 38.2 Å². The lowest BCUT2D eigenvalue weighted by molar-refractivity contribution is 0.0459. The van der Waals surface area contributed by atoms with Crippen LogP contribution in [-0.2, 0) is 11.3 Å². The predicted molar refractivity (Wildman–Crippen MR) is 103 cm³/mol. The first-order valence-electron chi connectivity index (χ1n) is 8.98. The van der Waals surface area contributed by atoms with Crippen molar-refractivity contribution in [1.29, 1.82) is 0 Å². The van der Waals surface area contributed by atoms with Gasteiger partial charge < -0.3 is 14.6 Å². The van der Waals surface area contributed by atoms with Crippen molar-refractivity contribution in [3.8, 4) is 0 Å². The lowest BCUT2D eigenvalue weighted by Crippen LogP contribution is -2.50. The number of ether oxygens (including phenoxy) is 1. The van der Waals surface area contributed by atoms with E-state index in [1.54, 1.807) is 0 Å². The van der Waals surface area contributed by atoms with Gasteiger partial charge in [-0.15, -0.1) is 0 Å². The highest BCUT2D eigenvalue weighted by Crippen LogP contribution is 2.22. The third kappa shape index (κ3) is 3.30. The first-order chi connectivity index (χ1) is 12.7. The van der Waals surface area contributed by atoms with E-state index < -0.39 is 0 Å². The molecule has 1 aliphatic heterocycles. The molecule has 0 spiro atoms. The molecular formula is C21H23N3O2. The van der Waals surface area contributed by atoms with Crippen molar-refractivity contribution in [3.63, 3.8) is 0 Å². The number of nitrogens with zero attached hydrogens (tertiary/aromatic N) is 3. The molecule has 2 heterocycles. The molecule has 1 saturated heterocycles. The number of esters is 1. The van der Waals surface area contributed by atoms with E-state index in [1.807, 2.05) is 59.3 Å². The van der Waals surface area contributed by atoms with E-state index in [4.69, 9.17) is 4.74 Å². The fourth-order valence-corrected chi connectivity index (χ4v) is 3.38. The van der Waals surface area contributed by atoms with Crippen LogP contribution in [0.5, 0.6) is 0 Å². The van der Waals surface area contributed by atoms with Gasteiger partial charge in [-0.2, -0.15) is 0 Å². The van der Waals surface area contributed by atoms with Crippen LogP contribution in [0.3, 0.4) is 0 Å². The zero-order valence-corrected chi connectivity index (χ0v) is 15.0. The highest BCUT2D eigenvalue weighted by Gasteiger charge is 2.23. The first kappa shape index (κ1) is 16.7. The van der Waals surface area contributed by atoms with Gasteiger partial charge in [-0.05, 0) is 24.7 Å². The number of hydrogen-bond acceptors (Lipinski definition) is 4. The third-order valence-electron chi connectivity index (χ3n) is 4.87. The number of hydrogen-bond donors (Lipinski definition) is 0. The molecule has 0 amide bonds. The highest BCUT2D eigenvalue weighted by molar-refractivity contribution is 5.96. The molecule has 134 valence electrons. The van der Waals surface area contributed by atoms with E-state index in [0.717, 1.165) is 42.6 Å². The fourth-order valence-electron chi connectivity index (χ4n) is 3.38. The van der Waals surface area contributed by atoms with Gasteiger partial charge in [-0.3, -0.25) is 4.68 Å². The summed E-state index contributed by atoms with van der Waals surface area (Å²) in [5, 5.41) is 3.29. The molecule has 3 aromatic rings. The lowest BCUT2D eigenvalue weighted by atomic mass is 10.2. The number of fused-ring (bicyclic) bond motifs is 1. The summed E-state index contributed by atoms with van der Waals surface area (Å²) < 4.78 is 7.64. The zero-order chi connectivity index (χ0) is 17.9. The summed E-state index contributed by atoms with van der Waals surface area (Å²) in [4.78, 5) is 15.1. The smallest absolute Gasteiger partial charge is 0.357 e. The Morgan fingerprint density at radius 1 is 0.962 bits per heavy atom. The molecule has 0 N–H and O–H groups in total. The monoisotopic (exact) mass is 349 g/mol. The summed E-state index contributed by atoms with van der Waals surface area (Å²) in [6.45, 7) is 4.00. The van der Waals surface area contributed by atoms with E-state index in [1.165, 1.54) is 0 Å². The van der Waals surface area contributed by atoms with E-state index in [-0.39, 0.29) is 12.6 Å². The second-order valence-electron chi connectivity index (χ2n) is 6.72. The van der Waals surface area contributed by atoms with Crippen molar-refractivity contribution in [2.24, 2.45) is 0 Å². The van der Waals surface area contributed by atoms with E-state index in [0.29, 0.717) is 5.69 Å². The standard InChI is InChI=1S/C21H23N3O2/c1-22-11-13-23(14-12-22)24-19-10-6-5-9-18(19)15-20(24)21(25)26-16-17-7-3-2-4-8-17/h2-10,15H,11-14,16H2,1H3. The summed E-state index contributed by atoms with van der Waals surface area (Å²) in [7, 11) is 2.13. The van der Waals surface area contributed by atoms with Gasteiger partial charge >= 0.3 is 5.97 Å². The molecular weight excluding hydrogens is 326 g/mol. The minimum atomic E-state index is -0.288. The van der Waals surface area contributed by atoms with E-state index >= 15 is 0 Å². The van der Waals surface area contributed by atoms with Crippen LogP contribution >= 0.6 is 0 Å². The van der Waals surface area contributed by atoms with Crippen LogP contribution in [0.15, 0.2) is 60.7 Å². The molecule has 0 atom stereocenters. The van der Waals surface area contributed by atoms with Crippen LogP contribution in [0.1, 0.15) is 16.1 Å². The van der Waals surface area contributed by atoms with Crippen LogP contribution in [-0.4, -0.2) is 48.8 Å². The minimum Gasteiger partial charge on any atom is -0.456 e. The number of para-hydroxylation sites is 1. The summed E-state index contributed by atoms with van der Waals surface area (Å²) in [5.74, 6) is -0.288. The number of rotatable bonds is 4. The van der Waals surface area contributed by atoms with Gasteiger partial charge in [0.2, 0.25) is 0 Å². The van der Waals surface area contributed by atoms with Gasteiger partial charge in [-0.25, -0.2) is 4.79 Å². The Bertz CT molecular complexity index is 896. The van der Waals surface area contributed by atoms with Gasteiger partial charge in [0.15, 0.2) is 0 Å². The van der Waals surface area contributed by atoms with E-state index in [2.05, 4.69) is 23.0 Å². The van der Waals surface area contributed by atoms with Crippen LogP contribution in [0.25, 0.3) is 10.9 Å². The molecule has 2 aromatic carbocycles. The Kier molecular flexibility index (Phi) is 4.63. The number of carbonyl (C=O) groups is 1. The second-order valence-corrected chi connectivity index (χ2v) is 6.72. The van der Waals surface area contributed by atoms with Crippen LogP contribution in [0, 0.1) is 0 Å². The largest absolute Gasteiger partial charge is 0.456 e. The van der Waals surface area contributed by atoms with Crippen molar-refractivity contribution in [2.45, 2.75) is 6.61 Å². The second kappa shape index (κ2) is 7.22. The third-order valence-corrected chi connectivity index (χ3v) is 4.87. The first-order valence-corrected chi connectivity index (χ1v) is 8.98. The maximum atomic E-state index is 12.8.